The van der Waals surface area contributed by atoms with E-state index in [0.717, 1.165) is 37.4 Å². The Bertz CT molecular complexity index is 1200. The highest BCUT2D eigenvalue weighted by Gasteiger charge is 2.27. The summed E-state index contributed by atoms with van der Waals surface area (Å²) < 4.78 is 26.3. The SMILES string of the molecule is C[C@H](c1nnc(S[C@H](C)C(=O)Nc2ccc3c(c2)OCO3)n1-c1ccc(F)cc1)N1CCCCC1. The minimum atomic E-state index is -0.457. The number of likely N-dealkylation sites (tertiary alicyclic amines) is 1. The number of fused-ring (bicyclic) bond motifs is 1. The van der Waals surface area contributed by atoms with Crippen molar-refractivity contribution < 1.29 is 18.7 Å². The van der Waals surface area contributed by atoms with Crippen molar-refractivity contribution in [2.75, 3.05) is 25.2 Å². The molecule has 5 rings (SSSR count). The lowest BCUT2D eigenvalue weighted by Gasteiger charge is -2.32. The number of rotatable bonds is 7. The number of carbonyl (C=O) groups is 1. The van der Waals surface area contributed by atoms with Crippen LogP contribution in [0.5, 0.6) is 11.5 Å². The Morgan fingerprint density at radius 2 is 1.77 bits per heavy atom. The molecule has 184 valence electrons. The molecule has 3 heterocycles. The molecule has 8 nitrogen and oxygen atoms in total. The van der Waals surface area contributed by atoms with Crippen LogP contribution in [0.1, 0.15) is 45.0 Å². The molecule has 0 unspecified atom stereocenters. The predicted molar refractivity (Wildman–Crippen MR) is 132 cm³/mol. The normalized spacial score (nSPS) is 17.2. The van der Waals surface area contributed by atoms with Crippen LogP contribution in [0.4, 0.5) is 10.1 Å². The van der Waals surface area contributed by atoms with Gasteiger partial charge in [-0.2, -0.15) is 0 Å². The Morgan fingerprint density at radius 3 is 2.54 bits per heavy atom. The minimum Gasteiger partial charge on any atom is -0.454 e. The average Bonchev–Trinajstić information content (AvgIpc) is 3.51. The lowest BCUT2D eigenvalue weighted by atomic mass is 10.1. The molecule has 1 saturated heterocycles. The van der Waals surface area contributed by atoms with E-state index in [1.807, 2.05) is 11.5 Å². The summed E-state index contributed by atoms with van der Waals surface area (Å²) in [6, 6.07) is 11.6. The summed E-state index contributed by atoms with van der Waals surface area (Å²) in [5.74, 6) is 1.57. The fraction of sp³-hybridized carbons (Fsp3) is 0.400. The molecule has 0 spiro atoms. The molecular formula is C25H28FN5O3S. The van der Waals surface area contributed by atoms with Crippen LogP contribution in [0.25, 0.3) is 5.69 Å². The Kier molecular flexibility index (Phi) is 6.92. The van der Waals surface area contributed by atoms with E-state index in [9.17, 15) is 9.18 Å². The highest BCUT2D eigenvalue weighted by molar-refractivity contribution is 8.00. The smallest absolute Gasteiger partial charge is 0.237 e. The van der Waals surface area contributed by atoms with E-state index in [1.165, 1.54) is 30.3 Å². The van der Waals surface area contributed by atoms with Crippen LogP contribution >= 0.6 is 11.8 Å². The number of amides is 1. The van der Waals surface area contributed by atoms with Crippen molar-refractivity contribution in [3.63, 3.8) is 0 Å². The molecule has 2 aliphatic heterocycles. The van der Waals surface area contributed by atoms with E-state index in [1.54, 1.807) is 30.3 Å². The molecule has 2 aromatic carbocycles. The molecule has 1 fully saturated rings. The number of nitrogens with zero attached hydrogens (tertiary/aromatic N) is 4. The van der Waals surface area contributed by atoms with Crippen LogP contribution in [0.2, 0.25) is 0 Å². The van der Waals surface area contributed by atoms with E-state index >= 15 is 0 Å². The lowest BCUT2D eigenvalue weighted by molar-refractivity contribution is -0.115. The molecule has 10 heteroatoms. The summed E-state index contributed by atoms with van der Waals surface area (Å²) >= 11 is 1.32. The topological polar surface area (TPSA) is 81.5 Å². The number of benzene rings is 2. The van der Waals surface area contributed by atoms with Crippen LogP contribution in [-0.2, 0) is 4.79 Å². The van der Waals surface area contributed by atoms with E-state index in [4.69, 9.17) is 9.47 Å². The number of ether oxygens (including phenoxy) is 2. The summed E-state index contributed by atoms with van der Waals surface area (Å²) in [5.41, 5.74) is 1.40. The number of piperidine rings is 1. The highest BCUT2D eigenvalue weighted by atomic mass is 32.2. The first-order valence-corrected chi connectivity index (χ1v) is 12.7. The zero-order valence-electron chi connectivity index (χ0n) is 19.7. The number of thioether (sulfide) groups is 1. The second-order valence-corrected chi connectivity index (χ2v) is 10.1. The molecule has 0 radical (unpaired) electrons. The summed E-state index contributed by atoms with van der Waals surface area (Å²) in [4.78, 5) is 15.4. The van der Waals surface area contributed by atoms with Gasteiger partial charge in [-0.15, -0.1) is 10.2 Å². The third-order valence-corrected chi connectivity index (χ3v) is 7.39. The van der Waals surface area contributed by atoms with Crippen molar-refractivity contribution in [2.45, 2.75) is 49.6 Å². The van der Waals surface area contributed by atoms with Crippen LogP contribution < -0.4 is 14.8 Å². The van der Waals surface area contributed by atoms with Gasteiger partial charge in [0.15, 0.2) is 22.5 Å². The number of hydrogen-bond acceptors (Lipinski definition) is 7. The fourth-order valence-corrected chi connectivity index (χ4v) is 5.23. The number of anilines is 1. The lowest BCUT2D eigenvalue weighted by Crippen LogP contribution is -2.33. The quantitative estimate of drug-likeness (QED) is 0.470. The first-order valence-electron chi connectivity index (χ1n) is 11.8. The summed E-state index contributed by atoms with van der Waals surface area (Å²) in [6.07, 6.45) is 3.56. The van der Waals surface area contributed by atoms with Gasteiger partial charge in [-0.25, -0.2) is 4.39 Å². The predicted octanol–water partition coefficient (Wildman–Crippen LogP) is 4.80. The molecule has 0 aliphatic carbocycles. The first-order chi connectivity index (χ1) is 17.0. The molecule has 1 N–H and O–H groups in total. The Hall–Kier alpha value is -3.11. The standard InChI is InChI=1S/C25H28FN5O3S/c1-16(30-12-4-3-5-13-30)23-28-29-25(31(23)20-9-6-18(26)7-10-20)35-17(2)24(32)27-19-8-11-21-22(14-19)34-15-33-21/h6-11,14,16-17H,3-5,12-13,15H2,1-2H3,(H,27,32)/t16-,17-/m1/s1. The van der Waals surface area contributed by atoms with Crippen LogP contribution in [0.15, 0.2) is 47.6 Å². The van der Waals surface area contributed by atoms with Crippen molar-refractivity contribution in [1.82, 2.24) is 19.7 Å². The number of aromatic nitrogens is 3. The molecule has 2 aliphatic rings. The second-order valence-electron chi connectivity index (χ2n) is 8.74. The summed E-state index contributed by atoms with van der Waals surface area (Å²) in [7, 11) is 0. The van der Waals surface area contributed by atoms with Crippen molar-refractivity contribution in [3.8, 4) is 17.2 Å². The van der Waals surface area contributed by atoms with Crippen LogP contribution in [0.3, 0.4) is 0 Å². The molecule has 3 aromatic rings. The van der Waals surface area contributed by atoms with Gasteiger partial charge in [-0.3, -0.25) is 14.3 Å². The van der Waals surface area contributed by atoms with Gasteiger partial charge in [-0.05, 0) is 76.2 Å². The zero-order valence-corrected chi connectivity index (χ0v) is 20.6. The number of hydrogen-bond donors (Lipinski definition) is 1. The van der Waals surface area contributed by atoms with Crippen molar-refractivity contribution in [1.29, 1.82) is 0 Å². The maximum atomic E-state index is 13.7. The zero-order chi connectivity index (χ0) is 24.4. The van der Waals surface area contributed by atoms with E-state index in [-0.39, 0.29) is 24.6 Å². The van der Waals surface area contributed by atoms with Gasteiger partial charge in [0.1, 0.15) is 5.82 Å². The summed E-state index contributed by atoms with van der Waals surface area (Å²) in [6.45, 7) is 6.14. The molecule has 0 saturated carbocycles. The second kappa shape index (κ2) is 10.2. The minimum absolute atomic E-state index is 0.0416. The number of carbonyl (C=O) groups excluding carboxylic acids is 1. The van der Waals surface area contributed by atoms with E-state index in [2.05, 4.69) is 27.3 Å². The fourth-order valence-electron chi connectivity index (χ4n) is 4.36. The average molecular weight is 498 g/mol. The van der Waals surface area contributed by atoms with Gasteiger partial charge in [0.25, 0.3) is 0 Å². The largest absolute Gasteiger partial charge is 0.454 e. The van der Waals surface area contributed by atoms with Gasteiger partial charge < -0.3 is 14.8 Å². The molecular weight excluding hydrogens is 469 g/mol. The van der Waals surface area contributed by atoms with Crippen LogP contribution in [-0.4, -0.2) is 50.7 Å². The Morgan fingerprint density at radius 1 is 1.03 bits per heavy atom. The maximum Gasteiger partial charge on any atom is 0.237 e. The van der Waals surface area contributed by atoms with Gasteiger partial charge in [0, 0.05) is 17.4 Å². The first kappa shape index (κ1) is 23.6. The molecule has 0 bridgehead atoms. The van der Waals surface area contributed by atoms with Gasteiger partial charge in [0.05, 0.1) is 11.3 Å². The third-order valence-electron chi connectivity index (χ3n) is 6.35. The summed E-state index contributed by atoms with van der Waals surface area (Å²) in [5, 5.41) is 12.0. The van der Waals surface area contributed by atoms with Gasteiger partial charge in [0.2, 0.25) is 12.7 Å². The van der Waals surface area contributed by atoms with Crippen molar-refractivity contribution in [3.05, 3.63) is 54.1 Å². The Balaban J connectivity index is 1.37. The molecule has 1 aromatic heterocycles. The molecule has 2 atom stereocenters. The highest BCUT2D eigenvalue weighted by Crippen LogP contribution is 2.35. The maximum absolute atomic E-state index is 13.7. The molecule has 1 amide bonds. The Labute approximate surface area is 207 Å². The third kappa shape index (κ3) is 5.13. The number of halogens is 1. The van der Waals surface area contributed by atoms with Gasteiger partial charge >= 0.3 is 0 Å². The van der Waals surface area contributed by atoms with Crippen molar-refractivity contribution in [2.24, 2.45) is 0 Å². The monoisotopic (exact) mass is 497 g/mol. The van der Waals surface area contributed by atoms with Crippen LogP contribution in [0, 0.1) is 5.82 Å². The number of nitrogens with one attached hydrogen (secondary N) is 1. The van der Waals surface area contributed by atoms with E-state index in [0.29, 0.717) is 22.3 Å². The van der Waals surface area contributed by atoms with Gasteiger partial charge in [-0.1, -0.05) is 18.2 Å². The van der Waals surface area contributed by atoms with E-state index < -0.39 is 5.25 Å². The molecule has 35 heavy (non-hydrogen) atoms. The van der Waals surface area contributed by atoms with Crippen molar-refractivity contribution >= 4 is 23.4 Å².